The van der Waals surface area contributed by atoms with Crippen LogP contribution in [0.2, 0.25) is 10.0 Å². The van der Waals surface area contributed by atoms with Crippen LogP contribution >= 0.6 is 23.2 Å². The summed E-state index contributed by atoms with van der Waals surface area (Å²) in [5.41, 5.74) is 6.36. The van der Waals surface area contributed by atoms with Crippen LogP contribution in [0.3, 0.4) is 0 Å². The Morgan fingerprint density at radius 2 is 2.05 bits per heavy atom. The molecule has 0 radical (unpaired) electrons. The number of hydrogen-bond acceptors (Lipinski definition) is 3. The van der Waals surface area contributed by atoms with E-state index in [1.54, 1.807) is 33.2 Å². The van der Waals surface area contributed by atoms with Crippen molar-refractivity contribution in [3.63, 3.8) is 0 Å². The molecule has 4 nitrogen and oxygen atoms in total. The summed E-state index contributed by atoms with van der Waals surface area (Å²) >= 11 is 12.1. The fourth-order valence-electron chi connectivity index (χ4n) is 1.68. The maximum absolute atomic E-state index is 11.8. The Morgan fingerprint density at radius 1 is 1.42 bits per heavy atom. The molecular weight excluding hydrogens is 287 g/mol. The molecule has 0 fully saturated rings. The molecule has 0 saturated heterocycles. The molecule has 0 aliphatic rings. The first kappa shape index (κ1) is 16.1. The number of benzene rings is 1. The van der Waals surface area contributed by atoms with Gasteiger partial charge in [0.15, 0.2) is 6.10 Å². The number of rotatable bonds is 5. The summed E-state index contributed by atoms with van der Waals surface area (Å²) in [6.07, 6.45) is -0.0384. The zero-order valence-corrected chi connectivity index (χ0v) is 12.8. The summed E-state index contributed by atoms with van der Waals surface area (Å²) in [7, 11) is 3.35. The maximum Gasteiger partial charge on any atom is 0.262 e. The smallest absolute Gasteiger partial charge is 0.262 e. The van der Waals surface area contributed by atoms with Crippen molar-refractivity contribution in [2.75, 3.05) is 20.6 Å². The molecule has 1 unspecified atom stereocenters. The molecule has 0 bridgehead atoms. The normalized spacial score (nSPS) is 12.1. The fraction of sp³-hybridized carbons (Fsp3) is 0.462. The highest BCUT2D eigenvalue weighted by atomic mass is 35.5. The third-order valence-electron chi connectivity index (χ3n) is 2.58. The SMILES string of the molecule is CC(Oc1c(Cl)cc(Cl)cc1CCN)C(=O)N(C)C. The predicted molar refractivity (Wildman–Crippen MR) is 78.0 cm³/mol. The summed E-state index contributed by atoms with van der Waals surface area (Å²) < 4.78 is 5.67. The molecule has 1 aromatic rings. The average molecular weight is 305 g/mol. The molecule has 0 spiro atoms. The molecular formula is C13H18Cl2N2O2. The highest BCUT2D eigenvalue weighted by Gasteiger charge is 2.20. The lowest BCUT2D eigenvalue weighted by molar-refractivity contribution is -0.135. The van der Waals surface area contributed by atoms with Gasteiger partial charge in [-0.3, -0.25) is 4.79 Å². The van der Waals surface area contributed by atoms with Crippen LogP contribution in [0.1, 0.15) is 12.5 Å². The molecule has 0 saturated carbocycles. The van der Waals surface area contributed by atoms with Crippen molar-refractivity contribution in [3.05, 3.63) is 27.7 Å². The van der Waals surface area contributed by atoms with Gasteiger partial charge in [-0.15, -0.1) is 0 Å². The second-order valence-electron chi connectivity index (χ2n) is 4.41. The second-order valence-corrected chi connectivity index (χ2v) is 5.25. The van der Waals surface area contributed by atoms with E-state index in [4.69, 9.17) is 33.7 Å². The summed E-state index contributed by atoms with van der Waals surface area (Å²) in [5.74, 6) is 0.337. The van der Waals surface area contributed by atoms with E-state index in [1.165, 1.54) is 4.90 Å². The summed E-state index contributed by atoms with van der Waals surface area (Å²) in [5, 5.41) is 0.904. The predicted octanol–water partition coefficient (Wildman–Crippen LogP) is 2.35. The van der Waals surface area contributed by atoms with Gasteiger partial charge < -0.3 is 15.4 Å². The third kappa shape index (κ3) is 4.27. The van der Waals surface area contributed by atoms with Crippen LogP contribution in [0.4, 0.5) is 0 Å². The van der Waals surface area contributed by atoms with Crippen LogP contribution in [0.25, 0.3) is 0 Å². The van der Waals surface area contributed by atoms with E-state index in [-0.39, 0.29) is 5.91 Å². The summed E-state index contributed by atoms with van der Waals surface area (Å²) in [6.45, 7) is 2.13. The maximum atomic E-state index is 11.8. The van der Waals surface area contributed by atoms with Crippen molar-refractivity contribution in [1.29, 1.82) is 0 Å². The lowest BCUT2D eigenvalue weighted by Crippen LogP contribution is -2.35. The van der Waals surface area contributed by atoms with Crippen LogP contribution < -0.4 is 10.5 Å². The molecule has 106 valence electrons. The Morgan fingerprint density at radius 3 is 2.58 bits per heavy atom. The minimum Gasteiger partial charge on any atom is -0.479 e. The first-order valence-corrected chi connectivity index (χ1v) is 6.68. The van der Waals surface area contributed by atoms with Gasteiger partial charge in [0, 0.05) is 19.1 Å². The monoisotopic (exact) mass is 304 g/mol. The zero-order chi connectivity index (χ0) is 14.6. The Hall–Kier alpha value is -0.970. The lowest BCUT2D eigenvalue weighted by Gasteiger charge is -2.21. The van der Waals surface area contributed by atoms with Crippen molar-refractivity contribution >= 4 is 29.1 Å². The average Bonchev–Trinajstić information content (AvgIpc) is 2.32. The quantitative estimate of drug-likeness (QED) is 0.908. The van der Waals surface area contributed by atoms with Gasteiger partial charge in [-0.1, -0.05) is 23.2 Å². The van der Waals surface area contributed by atoms with Gasteiger partial charge in [-0.25, -0.2) is 0 Å². The van der Waals surface area contributed by atoms with Gasteiger partial charge in [0.2, 0.25) is 0 Å². The summed E-state index contributed by atoms with van der Waals surface area (Å²) in [4.78, 5) is 13.3. The minimum absolute atomic E-state index is 0.135. The molecule has 0 aliphatic heterocycles. The highest BCUT2D eigenvalue weighted by Crippen LogP contribution is 2.33. The Labute approximate surface area is 123 Å². The molecule has 1 atom stereocenters. The van der Waals surface area contributed by atoms with E-state index in [0.717, 1.165) is 5.56 Å². The van der Waals surface area contributed by atoms with E-state index < -0.39 is 6.10 Å². The minimum atomic E-state index is -0.620. The van der Waals surface area contributed by atoms with E-state index >= 15 is 0 Å². The first-order chi connectivity index (χ1) is 8.86. The van der Waals surface area contributed by atoms with Gasteiger partial charge in [0.1, 0.15) is 5.75 Å². The topological polar surface area (TPSA) is 55.6 Å². The third-order valence-corrected chi connectivity index (χ3v) is 3.08. The Bertz CT molecular complexity index is 464. The number of carbonyl (C=O) groups is 1. The van der Waals surface area contributed by atoms with Crippen molar-refractivity contribution in [1.82, 2.24) is 4.90 Å². The number of nitrogens with two attached hydrogens (primary N) is 1. The van der Waals surface area contributed by atoms with Gasteiger partial charge >= 0.3 is 0 Å². The van der Waals surface area contributed by atoms with Crippen molar-refractivity contribution in [2.24, 2.45) is 5.73 Å². The molecule has 0 aromatic heterocycles. The van der Waals surface area contributed by atoms with Crippen LogP contribution in [0.5, 0.6) is 5.75 Å². The van der Waals surface area contributed by atoms with Gasteiger partial charge in [0.05, 0.1) is 5.02 Å². The number of likely N-dealkylation sites (N-methyl/N-ethyl adjacent to an activating group) is 1. The highest BCUT2D eigenvalue weighted by molar-refractivity contribution is 6.35. The second kappa shape index (κ2) is 6.98. The lowest BCUT2D eigenvalue weighted by atomic mass is 10.1. The molecule has 1 amide bonds. The van der Waals surface area contributed by atoms with E-state index in [2.05, 4.69) is 0 Å². The number of halogens is 2. The van der Waals surface area contributed by atoms with Gasteiger partial charge in [0.25, 0.3) is 5.91 Å². The van der Waals surface area contributed by atoms with Gasteiger partial charge in [-0.05, 0) is 37.6 Å². The Kier molecular flexibility index (Phi) is 5.91. The van der Waals surface area contributed by atoms with Crippen molar-refractivity contribution in [3.8, 4) is 5.75 Å². The largest absolute Gasteiger partial charge is 0.479 e. The molecule has 6 heteroatoms. The molecule has 1 rings (SSSR count). The molecule has 0 heterocycles. The van der Waals surface area contributed by atoms with Crippen LogP contribution in [-0.2, 0) is 11.2 Å². The molecule has 19 heavy (non-hydrogen) atoms. The first-order valence-electron chi connectivity index (χ1n) is 5.92. The van der Waals surface area contributed by atoms with E-state index in [0.29, 0.717) is 28.8 Å². The Balaban J connectivity index is 3.02. The van der Waals surface area contributed by atoms with Crippen molar-refractivity contribution in [2.45, 2.75) is 19.4 Å². The number of ether oxygens (including phenoxy) is 1. The van der Waals surface area contributed by atoms with Crippen LogP contribution in [0.15, 0.2) is 12.1 Å². The number of nitrogens with zero attached hydrogens (tertiary/aromatic N) is 1. The van der Waals surface area contributed by atoms with E-state index in [1.807, 2.05) is 0 Å². The van der Waals surface area contributed by atoms with Crippen LogP contribution in [-0.4, -0.2) is 37.6 Å². The van der Waals surface area contributed by atoms with Crippen LogP contribution in [0, 0.1) is 0 Å². The molecule has 2 N–H and O–H groups in total. The van der Waals surface area contributed by atoms with E-state index in [9.17, 15) is 4.79 Å². The summed E-state index contributed by atoms with van der Waals surface area (Å²) in [6, 6.07) is 3.34. The van der Waals surface area contributed by atoms with Crippen molar-refractivity contribution < 1.29 is 9.53 Å². The molecule has 0 aliphatic carbocycles. The van der Waals surface area contributed by atoms with Gasteiger partial charge in [-0.2, -0.15) is 0 Å². The standard InChI is InChI=1S/C13H18Cl2N2O2/c1-8(13(18)17(2)3)19-12-9(4-5-16)6-10(14)7-11(12)15/h6-8H,4-5,16H2,1-3H3. The fourth-order valence-corrected chi connectivity index (χ4v) is 2.26. The zero-order valence-electron chi connectivity index (χ0n) is 11.2. The number of amides is 1. The number of carbonyl (C=O) groups excluding carboxylic acids is 1. The molecule has 1 aromatic carbocycles. The number of hydrogen-bond donors (Lipinski definition) is 1.